The monoisotopic (exact) mass is 266 g/mol. The van der Waals surface area contributed by atoms with Gasteiger partial charge in [-0.2, -0.15) is 0 Å². The van der Waals surface area contributed by atoms with Crippen LogP contribution in [-0.2, 0) is 0 Å². The Kier molecular flexibility index (Phi) is 5.70. The summed E-state index contributed by atoms with van der Waals surface area (Å²) in [6.07, 6.45) is 8.69. The highest BCUT2D eigenvalue weighted by atomic mass is 15.3. The molecule has 3 unspecified atom stereocenters. The first-order chi connectivity index (χ1) is 9.13. The fourth-order valence-electron chi connectivity index (χ4n) is 4.18. The maximum absolute atomic E-state index is 3.74. The molecule has 0 aromatic rings. The number of nitrogens with one attached hydrogen (secondary N) is 1. The molecule has 0 radical (unpaired) electrons. The molecule has 2 aliphatic rings. The summed E-state index contributed by atoms with van der Waals surface area (Å²) in [5.41, 5.74) is 0. The summed E-state index contributed by atoms with van der Waals surface area (Å²) in [5.74, 6) is 1.71. The molecule has 0 bridgehead atoms. The molecule has 2 heteroatoms. The van der Waals surface area contributed by atoms with Crippen molar-refractivity contribution in [3.05, 3.63) is 0 Å². The van der Waals surface area contributed by atoms with Crippen LogP contribution in [0.1, 0.15) is 66.2 Å². The van der Waals surface area contributed by atoms with Gasteiger partial charge in [0.25, 0.3) is 0 Å². The van der Waals surface area contributed by atoms with E-state index in [0.29, 0.717) is 12.1 Å². The van der Waals surface area contributed by atoms with Gasteiger partial charge in [0.05, 0.1) is 0 Å². The van der Waals surface area contributed by atoms with Crippen LogP contribution < -0.4 is 5.32 Å². The van der Waals surface area contributed by atoms with E-state index >= 15 is 0 Å². The normalized spacial score (nSPS) is 32.7. The third-order valence-electron chi connectivity index (χ3n) is 5.49. The second-order valence-electron chi connectivity index (χ2n) is 7.18. The molecule has 2 nitrogen and oxygen atoms in total. The zero-order valence-electron chi connectivity index (χ0n) is 13.5. The second kappa shape index (κ2) is 7.08. The topological polar surface area (TPSA) is 15.3 Å². The predicted octanol–water partition coefficient (Wildman–Crippen LogP) is 3.66. The number of hydrogen-bond donors (Lipinski definition) is 1. The first kappa shape index (κ1) is 15.3. The van der Waals surface area contributed by atoms with Crippen LogP contribution in [-0.4, -0.2) is 36.1 Å². The van der Waals surface area contributed by atoms with Crippen molar-refractivity contribution in [2.45, 2.75) is 84.3 Å². The maximum atomic E-state index is 3.74. The van der Waals surface area contributed by atoms with Crippen LogP contribution >= 0.6 is 0 Å². The minimum absolute atomic E-state index is 0.689. The number of rotatable bonds is 4. The van der Waals surface area contributed by atoms with E-state index in [1.807, 2.05) is 0 Å². The lowest BCUT2D eigenvalue weighted by atomic mass is 9.81. The molecule has 1 saturated carbocycles. The Morgan fingerprint density at radius 1 is 1.16 bits per heavy atom. The molecule has 2 rings (SSSR count). The van der Waals surface area contributed by atoms with Crippen molar-refractivity contribution < 1.29 is 0 Å². The Hall–Kier alpha value is -0.0800. The Balaban J connectivity index is 2.02. The van der Waals surface area contributed by atoms with Crippen LogP contribution in [0.4, 0.5) is 0 Å². The van der Waals surface area contributed by atoms with Crippen LogP contribution in [0.15, 0.2) is 0 Å². The van der Waals surface area contributed by atoms with Crippen molar-refractivity contribution in [3.8, 4) is 0 Å². The maximum Gasteiger partial charge on any atom is 0.0218 e. The van der Waals surface area contributed by atoms with Crippen LogP contribution in [0, 0.1) is 11.8 Å². The molecule has 1 heterocycles. The third kappa shape index (κ3) is 3.72. The molecular weight excluding hydrogens is 232 g/mol. The van der Waals surface area contributed by atoms with Gasteiger partial charge >= 0.3 is 0 Å². The largest absolute Gasteiger partial charge is 0.311 e. The van der Waals surface area contributed by atoms with Gasteiger partial charge in [-0.05, 0) is 38.0 Å². The van der Waals surface area contributed by atoms with Crippen LogP contribution in [0.5, 0.6) is 0 Å². The molecular formula is C17H34N2. The summed E-state index contributed by atoms with van der Waals surface area (Å²) < 4.78 is 0. The van der Waals surface area contributed by atoms with Gasteiger partial charge in [-0.1, -0.05) is 40.0 Å². The van der Waals surface area contributed by atoms with E-state index in [-0.39, 0.29) is 0 Å². The fraction of sp³-hybridized carbons (Fsp3) is 1.00. The number of hydrogen-bond acceptors (Lipinski definition) is 2. The molecule has 2 fully saturated rings. The quantitative estimate of drug-likeness (QED) is 0.835. The van der Waals surface area contributed by atoms with Crippen molar-refractivity contribution >= 4 is 0 Å². The summed E-state index contributed by atoms with van der Waals surface area (Å²) >= 11 is 0. The lowest BCUT2D eigenvalue weighted by Crippen LogP contribution is -2.61. The summed E-state index contributed by atoms with van der Waals surface area (Å²) in [6, 6.07) is 2.23. The number of nitrogens with zero attached hydrogens (tertiary/aromatic N) is 1. The molecule has 19 heavy (non-hydrogen) atoms. The van der Waals surface area contributed by atoms with E-state index in [0.717, 1.165) is 17.9 Å². The van der Waals surface area contributed by atoms with E-state index in [9.17, 15) is 0 Å². The minimum Gasteiger partial charge on any atom is -0.311 e. The lowest BCUT2D eigenvalue weighted by Gasteiger charge is -2.47. The average molecular weight is 266 g/mol. The molecule has 0 aromatic heterocycles. The van der Waals surface area contributed by atoms with Crippen molar-refractivity contribution in [3.63, 3.8) is 0 Å². The molecule has 0 amide bonds. The van der Waals surface area contributed by atoms with Gasteiger partial charge in [-0.15, -0.1) is 0 Å². The smallest absolute Gasteiger partial charge is 0.0218 e. The minimum atomic E-state index is 0.689. The van der Waals surface area contributed by atoms with E-state index in [1.165, 1.54) is 51.6 Å². The van der Waals surface area contributed by atoms with E-state index < -0.39 is 0 Å². The molecule has 1 aliphatic carbocycles. The standard InChI is InChI=1S/C17H34N2/c1-5-17(15-9-7-6-8-10-15)19-12-16(13(2)3)18-11-14(19)4/h13-18H,5-12H2,1-4H3. The van der Waals surface area contributed by atoms with Gasteiger partial charge in [0.2, 0.25) is 0 Å². The van der Waals surface area contributed by atoms with E-state index in [2.05, 4.69) is 37.9 Å². The molecule has 1 aliphatic heterocycles. The Bertz CT molecular complexity index is 258. The molecule has 0 spiro atoms. The molecule has 112 valence electrons. The highest BCUT2D eigenvalue weighted by Gasteiger charge is 2.34. The summed E-state index contributed by atoms with van der Waals surface area (Å²) in [6.45, 7) is 12.0. The zero-order chi connectivity index (χ0) is 13.8. The molecule has 1 saturated heterocycles. The second-order valence-corrected chi connectivity index (χ2v) is 7.18. The Labute approximate surface area is 120 Å². The zero-order valence-corrected chi connectivity index (χ0v) is 13.5. The van der Waals surface area contributed by atoms with Crippen molar-refractivity contribution in [2.75, 3.05) is 13.1 Å². The van der Waals surface area contributed by atoms with Gasteiger partial charge < -0.3 is 5.32 Å². The van der Waals surface area contributed by atoms with Gasteiger partial charge in [0.1, 0.15) is 0 Å². The predicted molar refractivity (Wildman–Crippen MR) is 83.5 cm³/mol. The van der Waals surface area contributed by atoms with Gasteiger partial charge in [0.15, 0.2) is 0 Å². The van der Waals surface area contributed by atoms with E-state index in [1.54, 1.807) is 0 Å². The van der Waals surface area contributed by atoms with Gasteiger partial charge in [0, 0.05) is 31.2 Å². The fourth-order valence-corrected chi connectivity index (χ4v) is 4.18. The highest BCUT2D eigenvalue weighted by Crippen LogP contribution is 2.32. The molecule has 1 N–H and O–H groups in total. The van der Waals surface area contributed by atoms with Crippen LogP contribution in [0.3, 0.4) is 0 Å². The van der Waals surface area contributed by atoms with Crippen molar-refractivity contribution in [1.29, 1.82) is 0 Å². The first-order valence-electron chi connectivity index (χ1n) is 8.62. The van der Waals surface area contributed by atoms with E-state index in [4.69, 9.17) is 0 Å². The van der Waals surface area contributed by atoms with Crippen molar-refractivity contribution in [1.82, 2.24) is 10.2 Å². The number of piperazine rings is 1. The summed E-state index contributed by atoms with van der Waals surface area (Å²) in [5, 5.41) is 3.74. The van der Waals surface area contributed by atoms with Crippen molar-refractivity contribution in [2.24, 2.45) is 11.8 Å². The highest BCUT2D eigenvalue weighted by molar-refractivity contribution is 4.91. The van der Waals surface area contributed by atoms with Gasteiger partial charge in [-0.3, -0.25) is 4.90 Å². The first-order valence-corrected chi connectivity index (χ1v) is 8.62. The lowest BCUT2D eigenvalue weighted by molar-refractivity contribution is 0.0364. The molecule has 0 aromatic carbocycles. The van der Waals surface area contributed by atoms with Crippen LogP contribution in [0.2, 0.25) is 0 Å². The average Bonchev–Trinajstić information content (AvgIpc) is 2.42. The molecule has 3 atom stereocenters. The summed E-state index contributed by atoms with van der Waals surface area (Å²) in [7, 11) is 0. The summed E-state index contributed by atoms with van der Waals surface area (Å²) in [4.78, 5) is 2.84. The van der Waals surface area contributed by atoms with Gasteiger partial charge in [-0.25, -0.2) is 0 Å². The Morgan fingerprint density at radius 3 is 2.42 bits per heavy atom. The Morgan fingerprint density at radius 2 is 1.84 bits per heavy atom. The SMILES string of the molecule is CCC(C1CCCCC1)N1CC(C(C)C)NCC1C. The van der Waals surface area contributed by atoms with Crippen LogP contribution in [0.25, 0.3) is 0 Å². The third-order valence-corrected chi connectivity index (χ3v) is 5.49.